The average Bonchev–Trinajstić information content (AvgIpc) is 2.47. The molecule has 0 aliphatic heterocycles. The molecule has 0 spiro atoms. The van der Waals surface area contributed by atoms with Gasteiger partial charge in [-0.25, -0.2) is 13.4 Å². The van der Waals surface area contributed by atoms with Crippen LogP contribution in [0.4, 0.5) is 0 Å². The van der Waals surface area contributed by atoms with Gasteiger partial charge in [-0.05, 0) is 0 Å². The van der Waals surface area contributed by atoms with Gasteiger partial charge >= 0.3 is 0 Å². The third-order valence-corrected chi connectivity index (χ3v) is 2.94. The highest BCUT2D eigenvalue weighted by Crippen LogP contribution is 2.13. The monoisotopic (exact) mass is 234 g/mol. The Morgan fingerprint density at radius 2 is 2.36 bits per heavy atom. The Morgan fingerprint density at radius 3 is 2.79 bits per heavy atom. The maximum Gasteiger partial charge on any atom is 0.227 e. The van der Waals surface area contributed by atoms with Crippen molar-refractivity contribution in [2.75, 3.05) is 6.26 Å². The Kier molecular flexibility index (Phi) is 3.34. The first kappa shape index (κ1) is 11.3. The number of hydrogen-bond acceptors (Lipinski definition) is 3. The lowest BCUT2D eigenvalue weighted by atomic mass is 10.5. The summed E-state index contributed by atoms with van der Waals surface area (Å²) in [5.74, 6) is 0.233. The van der Waals surface area contributed by atoms with E-state index in [-0.39, 0.29) is 11.0 Å². The number of rotatable bonds is 4. The number of nitrogens with zero attached hydrogens (tertiary/aromatic N) is 2. The molecule has 0 aliphatic rings. The molecule has 0 aliphatic carbocycles. The molecule has 0 unspecified atom stereocenters. The smallest absolute Gasteiger partial charge is 0.227 e. The summed E-state index contributed by atoms with van der Waals surface area (Å²) in [5, 5.41) is 0.0352. The third kappa shape index (κ3) is 2.16. The van der Waals surface area contributed by atoms with Crippen LogP contribution in [-0.2, 0) is 22.3 Å². The van der Waals surface area contributed by atoms with Crippen LogP contribution in [0.25, 0.3) is 0 Å². The second kappa shape index (κ2) is 4.14. The van der Waals surface area contributed by atoms with Crippen LogP contribution in [-0.4, -0.2) is 24.2 Å². The Labute approximate surface area is 88.1 Å². The van der Waals surface area contributed by atoms with E-state index in [4.69, 9.17) is 11.6 Å². The molecule has 0 fully saturated rings. The predicted octanol–water partition coefficient (Wildman–Crippen LogP) is 1.21. The summed E-state index contributed by atoms with van der Waals surface area (Å²) in [4.78, 5) is 3.82. The van der Waals surface area contributed by atoms with Crippen LogP contribution >= 0.6 is 11.6 Å². The highest BCUT2D eigenvalue weighted by Gasteiger charge is 2.17. The van der Waals surface area contributed by atoms with E-state index < -0.39 is 9.84 Å². The highest BCUT2D eigenvalue weighted by atomic mass is 35.5. The van der Waals surface area contributed by atoms with Crippen molar-refractivity contribution in [1.29, 1.82) is 0 Å². The van der Waals surface area contributed by atoms with Gasteiger partial charge in [-0.15, -0.1) is 18.2 Å². The first-order valence-electron chi connectivity index (χ1n) is 3.92. The molecule has 14 heavy (non-hydrogen) atoms. The number of hydrogen-bond donors (Lipinski definition) is 0. The zero-order valence-corrected chi connectivity index (χ0v) is 9.35. The van der Waals surface area contributed by atoms with Crippen LogP contribution in [0.2, 0.25) is 0 Å². The lowest BCUT2D eigenvalue weighted by Gasteiger charge is -2.05. The second-order valence-corrected chi connectivity index (χ2v) is 5.01. The van der Waals surface area contributed by atoms with Crippen molar-refractivity contribution in [3.8, 4) is 0 Å². The maximum atomic E-state index is 11.3. The van der Waals surface area contributed by atoms with Gasteiger partial charge in [0.1, 0.15) is 0 Å². The van der Waals surface area contributed by atoms with Gasteiger partial charge in [-0.2, -0.15) is 0 Å². The van der Waals surface area contributed by atoms with Crippen LogP contribution in [0.3, 0.4) is 0 Å². The van der Waals surface area contributed by atoms with Crippen molar-refractivity contribution in [2.24, 2.45) is 0 Å². The van der Waals surface area contributed by atoms with E-state index in [1.54, 1.807) is 6.08 Å². The van der Waals surface area contributed by atoms with Gasteiger partial charge < -0.3 is 4.57 Å². The molecule has 0 bridgehead atoms. The van der Waals surface area contributed by atoms with Crippen LogP contribution in [0.15, 0.2) is 24.0 Å². The van der Waals surface area contributed by atoms with E-state index in [0.717, 1.165) is 6.26 Å². The topological polar surface area (TPSA) is 52.0 Å². The van der Waals surface area contributed by atoms with Gasteiger partial charge in [0.05, 0.1) is 17.8 Å². The summed E-state index contributed by atoms with van der Waals surface area (Å²) < 4.78 is 24.1. The largest absolute Gasteiger partial charge is 0.314 e. The molecule has 1 heterocycles. The summed E-state index contributed by atoms with van der Waals surface area (Å²) in [6, 6.07) is 0. The molecule has 0 amide bonds. The van der Waals surface area contributed by atoms with Gasteiger partial charge in [-0.1, -0.05) is 6.08 Å². The van der Waals surface area contributed by atoms with Crippen molar-refractivity contribution in [3.63, 3.8) is 0 Å². The quantitative estimate of drug-likeness (QED) is 0.581. The van der Waals surface area contributed by atoms with Gasteiger partial charge in [0.25, 0.3) is 0 Å². The molecular formula is C8H11ClN2O2S. The minimum absolute atomic E-state index is 0.0352. The van der Waals surface area contributed by atoms with Crippen LogP contribution < -0.4 is 0 Å². The van der Waals surface area contributed by atoms with Crippen molar-refractivity contribution < 1.29 is 8.42 Å². The lowest BCUT2D eigenvalue weighted by molar-refractivity contribution is 0.577. The number of imidazole rings is 1. The lowest BCUT2D eigenvalue weighted by Crippen LogP contribution is -2.10. The van der Waals surface area contributed by atoms with Crippen LogP contribution in [0, 0.1) is 0 Å². The second-order valence-electron chi connectivity index (χ2n) is 2.84. The zero-order chi connectivity index (χ0) is 10.8. The summed E-state index contributed by atoms with van der Waals surface area (Å²) in [6.07, 6.45) is 4.19. The normalized spacial score (nSPS) is 11.6. The molecule has 4 nitrogen and oxygen atoms in total. The Morgan fingerprint density at radius 1 is 1.71 bits per heavy atom. The van der Waals surface area contributed by atoms with Gasteiger partial charge in [0.15, 0.2) is 0 Å². The highest BCUT2D eigenvalue weighted by molar-refractivity contribution is 7.90. The van der Waals surface area contributed by atoms with Gasteiger partial charge in [0, 0.05) is 12.8 Å². The fraction of sp³-hybridized carbons (Fsp3) is 0.375. The number of aromatic nitrogens is 2. The summed E-state index contributed by atoms with van der Waals surface area (Å²) in [7, 11) is -3.30. The number of halogens is 1. The summed E-state index contributed by atoms with van der Waals surface area (Å²) in [5.41, 5.74) is 0.673. The first-order valence-corrected chi connectivity index (χ1v) is 6.34. The van der Waals surface area contributed by atoms with Gasteiger partial charge in [-0.3, -0.25) is 0 Å². The minimum atomic E-state index is -3.30. The van der Waals surface area contributed by atoms with Crippen molar-refractivity contribution in [3.05, 3.63) is 24.5 Å². The maximum absolute atomic E-state index is 11.3. The molecule has 0 saturated heterocycles. The molecule has 1 aromatic rings. The fourth-order valence-electron chi connectivity index (χ4n) is 1.12. The molecule has 6 heteroatoms. The molecular weight excluding hydrogens is 224 g/mol. The number of allylic oxidation sites excluding steroid dienone is 1. The van der Waals surface area contributed by atoms with E-state index in [1.807, 2.05) is 0 Å². The SMILES string of the molecule is C=CCn1c(CCl)cnc1S(C)(=O)=O. The van der Waals surface area contributed by atoms with Crippen molar-refractivity contribution in [2.45, 2.75) is 17.6 Å². The molecule has 0 aromatic carbocycles. The predicted molar refractivity (Wildman–Crippen MR) is 55.1 cm³/mol. The third-order valence-electron chi connectivity index (χ3n) is 1.68. The van der Waals surface area contributed by atoms with Crippen molar-refractivity contribution in [1.82, 2.24) is 9.55 Å². The molecule has 78 valence electrons. The van der Waals surface area contributed by atoms with Gasteiger partial charge in [0.2, 0.25) is 15.0 Å². The van der Waals surface area contributed by atoms with E-state index in [0.29, 0.717) is 12.2 Å². The molecule has 0 atom stereocenters. The Hall–Kier alpha value is -0.810. The first-order chi connectivity index (χ1) is 6.50. The molecule has 0 N–H and O–H groups in total. The van der Waals surface area contributed by atoms with E-state index >= 15 is 0 Å². The molecule has 0 saturated carbocycles. The van der Waals surface area contributed by atoms with E-state index in [2.05, 4.69) is 11.6 Å². The molecule has 1 aromatic heterocycles. The standard InChI is InChI=1S/C8H11ClN2O2S/c1-3-4-11-7(5-9)6-10-8(11)14(2,12)13/h3,6H,1,4-5H2,2H3. The minimum Gasteiger partial charge on any atom is -0.314 e. The molecule has 0 radical (unpaired) electrons. The van der Waals surface area contributed by atoms with E-state index in [9.17, 15) is 8.42 Å². The zero-order valence-electron chi connectivity index (χ0n) is 7.77. The Balaban J connectivity index is 3.31. The van der Waals surface area contributed by atoms with Crippen molar-refractivity contribution >= 4 is 21.4 Å². The summed E-state index contributed by atoms with van der Waals surface area (Å²) in [6.45, 7) is 3.94. The molecule has 1 rings (SSSR count). The van der Waals surface area contributed by atoms with Crippen LogP contribution in [0.5, 0.6) is 0 Å². The van der Waals surface area contributed by atoms with Crippen LogP contribution in [0.1, 0.15) is 5.69 Å². The Bertz CT molecular complexity index is 436. The number of sulfone groups is 1. The summed E-state index contributed by atoms with van der Waals surface area (Å²) >= 11 is 5.64. The fourth-order valence-corrected chi connectivity index (χ4v) is 2.17. The average molecular weight is 235 g/mol. The van der Waals surface area contributed by atoms with E-state index in [1.165, 1.54) is 10.8 Å². The number of alkyl halides is 1.